The van der Waals surface area contributed by atoms with Crippen LogP contribution in [0.3, 0.4) is 0 Å². The molecule has 90 valence electrons. The first kappa shape index (κ1) is 13.3. The van der Waals surface area contributed by atoms with Gasteiger partial charge < -0.3 is 14.8 Å². The highest BCUT2D eigenvalue weighted by molar-refractivity contribution is 14.1. The third-order valence-corrected chi connectivity index (χ3v) is 2.59. The second-order valence-corrected chi connectivity index (χ2v) is 3.94. The fourth-order valence-corrected chi connectivity index (χ4v) is 1.21. The van der Waals surface area contributed by atoms with Gasteiger partial charge in [0.25, 0.3) is 12.0 Å². The van der Waals surface area contributed by atoms with Crippen molar-refractivity contribution in [3.63, 3.8) is 0 Å². The molecule has 16 heavy (non-hydrogen) atoms. The van der Waals surface area contributed by atoms with Gasteiger partial charge >= 0.3 is 0 Å². The fraction of sp³-hybridized carbons (Fsp3) is 0.500. The van der Waals surface area contributed by atoms with Crippen molar-refractivity contribution < 1.29 is 18.6 Å². The van der Waals surface area contributed by atoms with E-state index in [0.29, 0.717) is 0 Å². The molecule has 0 radical (unpaired) electrons. The molecule has 0 amide bonds. The third kappa shape index (κ3) is 4.00. The van der Waals surface area contributed by atoms with Crippen LogP contribution in [0.4, 0.5) is 8.78 Å². The number of aromatic hydroxyl groups is 1. The summed E-state index contributed by atoms with van der Waals surface area (Å²) in [4.78, 5) is 17.3. The van der Waals surface area contributed by atoms with Gasteiger partial charge in [-0.3, -0.25) is 4.79 Å². The number of aromatic nitrogens is 2. The Morgan fingerprint density at radius 1 is 1.56 bits per heavy atom. The summed E-state index contributed by atoms with van der Waals surface area (Å²) in [6.45, 7) is -0.645. The summed E-state index contributed by atoms with van der Waals surface area (Å²) in [6.07, 6.45) is -2.36. The standard InChI is InChI=1S/C8H9F2IN2O3/c9-4(10)3-16-2-1-5-12-7(14)6(11)8(15)13-5/h4H,1-3H2,(H2,12,13,14,15). The zero-order valence-corrected chi connectivity index (χ0v) is 10.2. The van der Waals surface area contributed by atoms with Crippen LogP contribution in [0.5, 0.6) is 5.88 Å². The summed E-state index contributed by atoms with van der Waals surface area (Å²) in [7, 11) is 0. The number of halogens is 3. The molecule has 2 N–H and O–H groups in total. The van der Waals surface area contributed by atoms with Gasteiger partial charge in [-0.05, 0) is 22.6 Å². The number of aromatic amines is 1. The van der Waals surface area contributed by atoms with E-state index in [-0.39, 0.29) is 28.3 Å². The maximum absolute atomic E-state index is 11.7. The Hall–Kier alpha value is -0.770. The van der Waals surface area contributed by atoms with Gasteiger partial charge in [-0.15, -0.1) is 0 Å². The Morgan fingerprint density at radius 2 is 2.25 bits per heavy atom. The van der Waals surface area contributed by atoms with Gasteiger partial charge in [0.1, 0.15) is 16.0 Å². The smallest absolute Gasteiger partial charge is 0.268 e. The highest BCUT2D eigenvalue weighted by Gasteiger charge is 2.07. The molecular weight excluding hydrogens is 337 g/mol. The number of nitrogens with zero attached hydrogens (tertiary/aromatic N) is 1. The zero-order valence-electron chi connectivity index (χ0n) is 8.04. The van der Waals surface area contributed by atoms with E-state index < -0.39 is 18.6 Å². The molecule has 0 unspecified atom stereocenters. The molecule has 8 heteroatoms. The summed E-state index contributed by atoms with van der Waals surface area (Å²) >= 11 is 1.65. The average molecular weight is 346 g/mol. The number of hydrogen-bond donors (Lipinski definition) is 2. The van der Waals surface area contributed by atoms with Gasteiger partial charge in [-0.2, -0.15) is 4.98 Å². The normalized spacial score (nSPS) is 11.0. The lowest BCUT2D eigenvalue weighted by Gasteiger charge is -2.04. The molecule has 1 rings (SSSR count). The second kappa shape index (κ2) is 6.09. The van der Waals surface area contributed by atoms with E-state index in [1.165, 1.54) is 0 Å². The number of hydrogen-bond acceptors (Lipinski definition) is 4. The van der Waals surface area contributed by atoms with Crippen LogP contribution in [0.15, 0.2) is 4.79 Å². The van der Waals surface area contributed by atoms with Gasteiger partial charge in [0.2, 0.25) is 5.88 Å². The monoisotopic (exact) mass is 346 g/mol. The third-order valence-electron chi connectivity index (χ3n) is 1.62. The van der Waals surface area contributed by atoms with E-state index >= 15 is 0 Å². The van der Waals surface area contributed by atoms with Crippen molar-refractivity contribution in [1.82, 2.24) is 9.97 Å². The summed E-state index contributed by atoms with van der Waals surface area (Å²) < 4.78 is 28.1. The molecule has 0 saturated carbocycles. The van der Waals surface area contributed by atoms with Crippen LogP contribution in [0.25, 0.3) is 0 Å². The molecule has 0 spiro atoms. The van der Waals surface area contributed by atoms with Crippen molar-refractivity contribution >= 4 is 22.6 Å². The number of rotatable bonds is 5. The van der Waals surface area contributed by atoms with E-state index in [2.05, 4.69) is 14.7 Å². The van der Waals surface area contributed by atoms with Crippen LogP contribution >= 0.6 is 22.6 Å². The first-order valence-electron chi connectivity index (χ1n) is 4.34. The minimum atomic E-state index is -2.52. The van der Waals surface area contributed by atoms with Gasteiger partial charge in [0.15, 0.2) is 0 Å². The Morgan fingerprint density at radius 3 is 2.81 bits per heavy atom. The lowest BCUT2D eigenvalue weighted by molar-refractivity contribution is 0.0182. The first-order valence-corrected chi connectivity index (χ1v) is 5.42. The maximum atomic E-state index is 11.7. The van der Waals surface area contributed by atoms with Crippen molar-refractivity contribution in [2.24, 2.45) is 0 Å². The zero-order chi connectivity index (χ0) is 12.1. The van der Waals surface area contributed by atoms with Gasteiger partial charge in [-0.25, -0.2) is 8.78 Å². The highest BCUT2D eigenvalue weighted by atomic mass is 127. The Labute approximate surface area is 103 Å². The highest BCUT2D eigenvalue weighted by Crippen LogP contribution is 2.10. The quantitative estimate of drug-likeness (QED) is 0.614. The lowest BCUT2D eigenvalue weighted by Crippen LogP contribution is -2.16. The largest absolute Gasteiger partial charge is 0.492 e. The van der Waals surface area contributed by atoms with Crippen molar-refractivity contribution in [1.29, 1.82) is 0 Å². The molecule has 5 nitrogen and oxygen atoms in total. The van der Waals surface area contributed by atoms with Crippen LogP contribution in [-0.4, -0.2) is 34.7 Å². The summed E-state index contributed by atoms with van der Waals surface area (Å²) in [6, 6.07) is 0. The minimum absolute atomic E-state index is 0.00725. The van der Waals surface area contributed by atoms with E-state index in [1.54, 1.807) is 22.6 Å². The predicted molar refractivity (Wildman–Crippen MR) is 59.8 cm³/mol. The van der Waals surface area contributed by atoms with Crippen LogP contribution in [-0.2, 0) is 11.2 Å². The van der Waals surface area contributed by atoms with E-state index in [9.17, 15) is 18.7 Å². The molecule has 0 aliphatic heterocycles. The Bertz CT molecular complexity index is 411. The number of nitrogens with one attached hydrogen (secondary N) is 1. The molecule has 0 aliphatic carbocycles. The molecule has 0 atom stereocenters. The van der Waals surface area contributed by atoms with E-state index in [1.807, 2.05) is 0 Å². The van der Waals surface area contributed by atoms with Crippen molar-refractivity contribution in [2.75, 3.05) is 13.2 Å². The number of H-pyrrole nitrogens is 1. The average Bonchev–Trinajstić information content (AvgIpc) is 2.20. The van der Waals surface area contributed by atoms with Crippen LogP contribution in [0.1, 0.15) is 5.82 Å². The molecule has 1 heterocycles. The molecular formula is C8H9F2IN2O3. The lowest BCUT2D eigenvalue weighted by atomic mass is 10.4. The van der Waals surface area contributed by atoms with E-state index in [4.69, 9.17) is 0 Å². The molecule has 0 fully saturated rings. The Kier molecular flexibility index (Phi) is 5.06. The number of alkyl halides is 2. The van der Waals surface area contributed by atoms with Gasteiger partial charge in [-0.1, -0.05) is 0 Å². The summed E-state index contributed by atoms with van der Waals surface area (Å²) in [5.41, 5.74) is -0.461. The fourth-order valence-electron chi connectivity index (χ4n) is 0.952. The van der Waals surface area contributed by atoms with Gasteiger partial charge in [0.05, 0.1) is 6.61 Å². The second-order valence-electron chi connectivity index (χ2n) is 2.87. The molecule has 0 aliphatic rings. The van der Waals surface area contributed by atoms with Crippen molar-refractivity contribution in [3.05, 3.63) is 19.7 Å². The van der Waals surface area contributed by atoms with Crippen LogP contribution in [0, 0.1) is 3.57 Å². The van der Waals surface area contributed by atoms with Crippen molar-refractivity contribution in [2.45, 2.75) is 12.8 Å². The van der Waals surface area contributed by atoms with Gasteiger partial charge in [0, 0.05) is 6.42 Å². The SMILES string of the molecule is O=c1[nH]c(CCOCC(F)F)nc(O)c1I. The minimum Gasteiger partial charge on any atom is -0.492 e. The molecule has 0 saturated heterocycles. The van der Waals surface area contributed by atoms with Crippen molar-refractivity contribution in [3.8, 4) is 5.88 Å². The summed E-state index contributed by atoms with van der Waals surface area (Å²) in [5.74, 6) is -0.162. The number of ether oxygens (including phenoxy) is 1. The summed E-state index contributed by atoms with van der Waals surface area (Å²) in [5, 5.41) is 9.23. The topological polar surface area (TPSA) is 75.2 Å². The maximum Gasteiger partial charge on any atom is 0.268 e. The van der Waals surface area contributed by atoms with Crippen LogP contribution in [0.2, 0.25) is 0 Å². The molecule has 1 aromatic rings. The molecule has 0 aromatic carbocycles. The first-order chi connectivity index (χ1) is 7.50. The molecule has 1 aromatic heterocycles. The molecule has 0 bridgehead atoms. The predicted octanol–water partition coefficient (Wildman–Crippen LogP) is 0.904. The van der Waals surface area contributed by atoms with E-state index in [0.717, 1.165) is 0 Å². The van der Waals surface area contributed by atoms with Crippen LogP contribution < -0.4 is 5.56 Å². The Balaban J connectivity index is 2.52.